The molecule has 0 radical (unpaired) electrons. The first-order valence-corrected chi connectivity index (χ1v) is 7.69. The first kappa shape index (κ1) is 12.3. The number of furan rings is 1. The highest BCUT2D eigenvalue weighted by Crippen LogP contribution is 2.35. The topological polar surface area (TPSA) is 50.4 Å². The number of phenolic OH excluding ortho intramolecular Hbond substituents is 1. The third-order valence-electron chi connectivity index (χ3n) is 2.80. The molecular weight excluding hydrogens is 280 g/mol. The second-order valence-corrected chi connectivity index (χ2v) is 5.68. The zero-order valence-corrected chi connectivity index (χ0v) is 11.7. The fraction of sp³-hybridized carbons (Fsp3) is 0.0714. The van der Waals surface area contributed by atoms with Crippen molar-refractivity contribution in [3.63, 3.8) is 0 Å². The van der Waals surface area contributed by atoms with E-state index in [-0.39, 0.29) is 11.5 Å². The number of benzene rings is 1. The Bertz CT molecular complexity index is 741. The molecule has 19 heavy (non-hydrogen) atoms. The highest BCUT2D eigenvalue weighted by atomic mass is 32.2. The third kappa shape index (κ3) is 2.05. The summed E-state index contributed by atoms with van der Waals surface area (Å²) in [6.07, 6.45) is 1.86. The smallest absolute Gasteiger partial charge is 0.208 e. The summed E-state index contributed by atoms with van der Waals surface area (Å²) in [5, 5.41) is 12.7. The Hall–Kier alpha value is -1.72. The van der Waals surface area contributed by atoms with Gasteiger partial charge < -0.3 is 9.52 Å². The minimum atomic E-state index is -0.0660. The molecule has 0 fully saturated rings. The lowest BCUT2D eigenvalue weighted by Crippen LogP contribution is -1.98. The number of thiophene rings is 1. The molecular formula is C14H10O3S2. The van der Waals surface area contributed by atoms with Gasteiger partial charge in [-0.3, -0.25) is 4.79 Å². The zero-order chi connectivity index (χ0) is 13.4. The Morgan fingerprint density at radius 1 is 1.37 bits per heavy atom. The second-order valence-electron chi connectivity index (χ2n) is 3.96. The number of thioether (sulfide) groups is 1. The summed E-state index contributed by atoms with van der Waals surface area (Å²) in [5.41, 5.74) is 1.14. The maximum absolute atomic E-state index is 12.5. The van der Waals surface area contributed by atoms with Crippen molar-refractivity contribution in [3.05, 3.63) is 46.2 Å². The Balaban J connectivity index is 2.26. The van der Waals surface area contributed by atoms with E-state index in [2.05, 4.69) is 0 Å². The lowest BCUT2D eigenvalue weighted by Gasteiger charge is -1.98. The van der Waals surface area contributed by atoms with Gasteiger partial charge in [-0.05, 0) is 35.9 Å². The fourth-order valence-corrected chi connectivity index (χ4v) is 3.20. The van der Waals surface area contributed by atoms with Crippen molar-refractivity contribution < 1.29 is 14.3 Å². The van der Waals surface area contributed by atoms with Crippen molar-refractivity contribution in [3.8, 4) is 5.75 Å². The number of aromatic hydroxyl groups is 1. The lowest BCUT2D eigenvalue weighted by molar-refractivity contribution is 0.103. The normalized spacial score (nSPS) is 11.0. The number of hydrogen-bond acceptors (Lipinski definition) is 5. The molecule has 5 heteroatoms. The van der Waals surface area contributed by atoms with Gasteiger partial charge in [0.05, 0.1) is 10.4 Å². The van der Waals surface area contributed by atoms with Crippen LogP contribution in [0, 0.1) is 0 Å². The molecule has 0 saturated heterocycles. The molecule has 0 aliphatic rings. The van der Waals surface area contributed by atoms with Crippen molar-refractivity contribution in [1.29, 1.82) is 0 Å². The molecule has 1 aromatic carbocycles. The quantitative estimate of drug-likeness (QED) is 0.581. The van der Waals surface area contributed by atoms with Gasteiger partial charge in [0.1, 0.15) is 11.3 Å². The molecule has 3 rings (SSSR count). The van der Waals surface area contributed by atoms with Gasteiger partial charge in [-0.15, -0.1) is 11.3 Å². The summed E-state index contributed by atoms with van der Waals surface area (Å²) in [7, 11) is 0. The van der Waals surface area contributed by atoms with Gasteiger partial charge in [0.25, 0.3) is 0 Å². The molecule has 0 bridgehead atoms. The van der Waals surface area contributed by atoms with Crippen LogP contribution in [0.5, 0.6) is 5.75 Å². The molecule has 1 N–H and O–H groups in total. The van der Waals surface area contributed by atoms with Crippen molar-refractivity contribution in [2.24, 2.45) is 0 Å². The Morgan fingerprint density at radius 2 is 2.21 bits per heavy atom. The van der Waals surface area contributed by atoms with Crippen LogP contribution in [0.15, 0.2) is 45.2 Å². The first-order chi connectivity index (χ1) is 9.20. The summed E-state index contributed by atoms with van der Waals surface area (Å²) < 4.78 is 5.66. The van der Waals surface area contributed by atoms with Crippen LogP contribution in [0.25, 0.3) is 11.0 Å². The van der Waals surface area contributed by atoms with E-state index in [9.17, 15) is 9.90 Å². The predicted octanol–water partition coefficient (Wildman–Crippen LogP) is 4.15. The Kier molecular flexibility index (Phi) is 3.08. The van der Waals surface area contributed by atoms with Crippen LogP contribution in [0.4, 0.5) is 0 Å². The average molecular weight is 290 g/mol. The minimum absolute atomic E-state index is 0.0660. The molecule has 2 heterocycles. The fourth-order valence-electron chi connectivity index (χ4n) is 1.95. The maximum atomic E-state index is 12.5. The van der Waals surface area contributed by atoms with Gasteiger partial charge in [-0.2, -0.15) is 0 Å². The number of carbonyl (C=O) groups is 1. The number of phenols is 1. The largest absolute Gasteiger partial charge is 0.508 e. The number of carbonyl (C=O) groups excluding carboxylic acids is 1. The average Bonchev–Trinajstić information content (AvgIpc) is 3.04. The molecule has 0 amide bonds. The van der Waals surface area contributed by atoms with Crippen LogP contribution in [0.3, 0.4) is 0 Å². The molecule has 0 unspecified atom stereocenters. The highest BCUT2D eigenvalue weighted by Gasteiger charge is 2.22. The predicted molar refractivity (Wildman–Crippen MR) is 77.4 cm³/mol. The van der Waals surface area contributed by atoms with Crippen LogP contribution >= 0.6 is 23.1 Å². The molecule has 0 aliphatic carbocycles. The molecule has 0 atom stereocenters. The summed E-state index contributed by atoms with van der Waals surface area (Å²) in [6.45, 7) is 0. The molecule has 2 aromatic heterocycles. The third-order valence-corrected chi connectivity index (χ3v) is 4.32. The number of fused-ring (bicyclic) bond motifs is 1. The van der Waals surface area contributed by atoms with E-state index in [4.69, 9.17) is 4.42 Å². The molecule has 0 spiro atoms. The molecule has 96 valence electrons. The molecule has 0 saturated carbocycles. The Labute approximate surface area is 117 Å². The summed E-state index contributed by atoms with van der Waals surface area (Å²) in [6, 6.07) is 8.43. The monoisotopic (exact) mass is 290 g/mol. The van der Waals surface area contributed by atoms with Gasteiger partial charge in [0.15, 0.2) is 5.09 Å². The minimum Gasteiger partial charge on any atom is -0.508 e. The SMILES string of the molecule is CSc1oc2ccc(O)cc2c1C(=O)c1cccs1. The van der Waals surface area contributed by atoms with E-state index in [1.165, 1.54) is 23.1 Å². The summed E-state index contributed by atoms with van der Waals surface area (Å²) in [4.78, 5) is 13.2. The first-order valence-electron chi connectivity index (χ1n) is 5.58. The van der Waals surface area contributed by atoms with Crippen molar-refractivity contribution in [2.75, 3.05) is 6.26 Å². The lowest BCUT2D eigenvalue weighted by atomic mass is 10.1. The standard InChI is InChI=1S/C14H10O3S2/c1-18-14-12(13(16)11-3-2-6-19-11)9-7-8(15)4-5-10(9)17-14/h2-7,15H,1H3. The van der Waals surface area contributed by atoms with E-state index in [0.717, 1.165) is 0 Å². The number of hydrogen-bond donors (Lipinski definition) is 1. The number of ketones is 1. The highest BCUT2D eigenvalue weighted by molar-refractivity contribution is 7.98. The maximum Gasteiger partial charge on any atom is 0.208 e. The van der Waals surface area contributed by atoms with Crippen LogP contribution < -0.4 is 0 Å². The van der Waals surface area contributed by atoms with Crippen LogP contribution in [0.2, 0.25) is 0 Å². The number of rotatable bonds is 3. The van der Waals surface area contributed by atoms with E-state index in [1.807, 2.05) is 17.7 Å². The van der Waals surface area contributed by atoms with E-state index < -0.39 is 0 Å². The van der Waals surface area contributed by atoms with Gasteiger partial charge in [-0.25, -0.2) is 0 Å². The Morgan fingerprint density at radius 3 is 2.89 bits per heavy atom. The van der Waals surface area contributed by atoms with Crippen molar-refractivity contribution in [2.45, 2.75) is 5.09 Å². The van der Waals surface area contributed by atoms with E-state index in [1.54, 1.807) is 24.3 Å². The molecule has 0 aliphatic heterocycles. The van der Waals surface area contributed by atoms with Gasteiger partial charge in [0.2, 0.25) is 5.78 Å². The summed E-state index contributed by atoms with van der Waals surface area (Å²) in [5.74, 6) is 0.0601. The van der Waals surface area contributed by atoms with Crippen LogP contribution in [-0.2, 0) is 0 Å². The van der Waals surface area contributed by atoms with Gasteiger partial charge in [0, 0.05) is 5.39 Å². The van der Waals surface area contributed by atoms with Gasteiger partial charge in [-0.1, -0.05) is 17.8 Å². The van der Waals surface area contributed by atoms with Gasteiger partial charge >= 0.3 is 0 Å². The summed E-state index contributed by atoms with van der Waals surface area (Å²) >= 11 is 2.79. The molecule has 3 aromatic rings. The van der Waals surface area contributed by atoms with Crippen LogP contribution in [-0.4, -0.2) is 17.1 Å². The second kappa shape index (κ2) is 4.75. The molecule has 3 nitrogen and oxygen atoms in total. The van der Waals surface area contributed by atoms with Crippen LogP contribution in [0.1, 0.15) is 15.2 Å². The van der Waals surface area contributed by atoms with E-state index >= 15 is 0 Å². The van der Waals surface area contributed by atoms with Crippen molar-refractivity contribution >= 4 is 39.9 Å². The zero-order valence-electron chi connectivity index (χ0n) is 10.0. The van der Waals surface area contributed by atoms with E-state index in [0.29, 0.717) is 26.5 Å². The van der Waals surface area contributed by atoms with Crippen molar-refractivity contribution in [1.82, 2.24) is 0 Å².